The van der Waals surface area contributed by atoms with Gasteiger partial charge in [0.1, 0.15) is 0 Å². The van der Waals surface area contributed by atoms with Crippen LogP contribution in [0, 0.1) is 0 Å². The van der Waals surface area contributed by atoms with E-state index in [1.165, 1.54) is 23.5 Å². The molecule has 0 amide bonds. The average molecular weight is 419 g/mol. The number of benzene rings is 1. The molecule has 0 unspecified atom stereocenters. The van der Waals surface area contributed by atoms with Crippen LogP contribution in [0.15, 0.2) is 29.2 Å². The first-order valence-corrected chi connectivity index (χ1v) is 10.8. The van der Waals surface area contributed by atoms with Crippen molar-refractivity contribution in [3.8, 4) is 0 Å². The van der Waals surface area contributed by atoms with E-state index in [4.69, 9.17) is 14.2 Å². The number of sulfonamides is 1. The van der Waals surface area contributed by atoms with Crippen molar-refractivity contribution in [3.63, 3.8) is 0 Å². The second-order valence-corrected chi connectivity index (χ2v) is 8.90. The van der Waals surface area contributed by atoms with Crippen molar-refractivity contribution in [2.75, 3.05) is 66.8 Å². The van der Waals surface area contributed by atoms with E-state index in [9.17, 15) is 13.5 Å². The van der Waals surface area contributed by atoms with Gasteiger partial charge >= 0.3 is 0 Å². The van der Waals surface area contributed by atoms with Crippen molar-refractivity contribution in [2.24, 2.45) is 0 Å². The molecule has 1 rings (SSSR count). The van der Waals surface area contributed by atoms with Crippen molar-refractivity contribution in [2.45, 2.75) is 24.3 Å². The minimum absolute atomic E-state index is 0.185. The predicted molar refractivity (Wildman–Crippen MR) is 108 cm³/mol. The number of ether oxygens (including phenoxy) is 3. The van der Waals surface area contributed by atoms with E-state index in [0.29, 0.717) is 38.6 Å². The molecule has 0 aliphatic heterocycles. The summed E-state index contributed by atoms with van der Waals surface area (Å²) in [6.45, 7) is 7.15. The Hall–Kier alpha value is -1.07. The molecule has 0 saturated heterocycles. The summed E-state index contributed by atoms with van der Waals surface area (Å²) >= 11 is 0. The second kappa shape index (κ2) is 12.5. The molecule has 0 aliphatic rings. The van der Waals surface area contributed by atoms with Gasteiger partial charge in [-0.15, -0.1) is 0 Å². The number of nitrogens with one attached hydrogen (secondary N) is 1. The molecule has 0 radical (unpaired) electrons. The van der Waals surface area contributed by atoms with Gasteiger partial charge in [0.2, 0.25) is 10.0 Å². The molecule has 0 spiro atoms. The van der Waals surface area contributed by atoms with Crippen molar-refractivity contribution in [1.82, 2.24) is 9.62 Å². The number of nitrogens with zero attached hydrogens (tertiary/aromatic N) is 1. The molecule has 0 saturated carbocycles. The smallest absolute Gasteiger partial charge is 0.242 e. The van der Waals surface area contributed by atoms with Crippen LogP contribution in [0.5, 0.6) is 0 Å². The van der Waals surface area contributed by atoms with E-state index < -0.39 is 15.6 Å². The van der Waals surface area contributed by atoms with Crippen LogP contribution in [0.1, 0.15) is 19.4 Å². The first-order valence-electron chi connectivity index (χ1n) is 9.36. The molecule has 8 nitrogen and oxygen atoms in total. The summed E-state index contributed by atoms with van der Waals surface area (Å²) in [6, 6.07) is 6.26. The highest BCUT2D eigenvalue weighted by atomic mass is 32.2. The first-order chi connectivity index (χ1) is 13.2. The summed E-state index contributed by atoms with van der Waals surface area (Å²) < 4.78 is 42.5. The monoisotopic (exact) mass is 418 g/mol. The Labute approximate surface area is 168 Å². The highest BCUT2D eigenvalue weighted by Gasteiger charge is 2.22. The molecular weight excluding hydrogens is 384 g/mol. The third kappa shape index (κ3) is 8.95. The average Bonchev–Trinajstić information content (AvgIpc) is 2.65. The van der Waals surface area contributed by atoms with Gasteiger partial charge in [0.25, 0.3) is 0 Å². The van der Waals surface area contributed by atoms with E-state index in [1.807, 2.05) is 7.05 Å². The maximum atomic E-state index is 12.6. The van der Waals surface area contributed by atoms with Gasteiger partial charge in [0.15, 0.2) is 0 Å². The van der Waals surface area contributed by atoms with Crippen molar-refractivity contribution in [1.29, 1.82) is 0 Å². The summed E-state index contributed by atoms with van der Waals surface area (Å²) in [5, 5.41) is 13.0. The van der Waals surface area contributed by atoms with E-state index >= 15 is 0 Å². The molecule has 9 heteroatoms. The minimum atomic E-state index is -3.59. The fourth-order valence-corrected chi connectivity index (χ4v) is 3.40. The Bertz CT molecular complexity index is 643. The molecule has 0 atom stereocenters. The van der Waals surface area contributed by atoms with Crippen molar-refractivity contribution in [3.05, 3.63) is 29.8 Å². The first kappa shape index (κ1) is 25.0. The van der Waals surface area contributed by atoms with E-state index in [2.05, 4.69) is 5.32 Å². The van der Waals surface area contributed by atoms with Gasteiger partial charge in [-0.1, -0.05) is 12.1 Å². The van der Waals surface area contributed by atoms with Crippen LogP contribution in [0.3, 0.4) is 0 Å². The number of hydrogen-bond donors (Lipinski definition) is 2. The van der Waals surface area contributed by atoms with Gasteiger partial charge in [-0.25, -0.2) is 8.42 Å². The molecule has 0 aromatic heterocycles. The molecule has 1 aromatic carbocycles. The van der Waals surface area contributed by atoms with Crippen LogP contribution in [0.4, 0.5) is 0 Å². The second-order valence-electron chi connectivity index (χ2n) is 6.85. The molecular formula is C19H34N2O6S. The Morgan fingerprint density at radius 1 is 0.964 bits per heavy atom. The summed E-state index contributed by atoms with van der Waals surface area (Å²) in [6.07, 6.45) is 0. The SMILES string of the molecule is CNCCOCCOCCOCCN(C)S(=O)(=O)c1ccc(C(C)(C)O)cc1. The lowest BCUT2D eigenvalue weighted by Crippen LogP contribution is -2.30. The number of hydrogen-bond acceptors (Lipinski definition) is 7. The maximum Gasteiger partial charge on any atom is 0.242 e. The van der Waals surface area contributed by atoms with E-state index in [1.54, 1.807) is 26.0 Å². The zero-order valence-electron chi connectivity index (χ0n) is 17.3. The summed E-state index contributed by atoms with van der Waals surface area (Å²) in [4.78, 5) is 0.185. The van der Waals surface area contributed by atoms with Gasteiger partial charge in [-0.2, -0.15) is 4.31 Å². The number of aliphatic hydroxyl groups is 1. The lowest BCUT2D eigenvalue weighted by molar-refractivity contribution is 0.0144. The Kier molecular flexibility index (Phi) is 11.1. The minimum Gasteiger partial charge on any atom is -0.386 e. The normalized spacial score (nSPS) is 12.6. The van der Waals surface area contributed by atoms with Crippen LogP contribution >= 0.6 is 0 Å². The lowest BCUT2D eigenvalue weighted by atomic mass is 9.99. The molecule has 1 aromatic rings. The van der Waals surface area contributed by atoms with Crippen LogP contribution in [0.25, 0.3) is 0 Å². The molecule has 0 aliphatic carbocycles. The summed E-state index contributed by atoms with van der Waals surface area (Å²) in [5.74, 6) is 0. The van der Waals surface area contributed by atoms with E-state index in [0.717, 1.165) is 6.54 Å². The Morgan fingerprint density at radius 3 is 1.96 bits per heavy atom. The molecule has 0 heterocycles. The van der Waals surface area contributed by atoms with Gasteiger partial charge in [-0.3, -0.25) is 0 Å². The molecule has 0 bridgehead atoms. The zero-order valence-corrected chi connectivity index (χ0v) is 18.1. The van der Waals surface area contributed by atoms with Crippen molar-refractivity contribution < 1.29 is 27.7 Å². The van der Waals surface area contributed by atoms with Gasteiger partial charge in [0, 0.05) is 20.1 Å². The van der Waals surface area contributed by atoms with Crippen LogP contribution in [0.2, 0.25) is 0 Å². The maximum absolute atomic E-state index is 12.6. The van der Waals surface area contributed by atoms with Gasteiger partial charge < -0.3 is 24.6 Å². The van der Waals surface area contributed by atoms with Crippen LogP contribution in [-0.2, 0) is 29.8 Å². The van der Waals surface area contributed by atoms with Crippen LogP contribution < -0.4 is 5.32 Å². The number of likely N-dealkylation sites (N-methyl/N-ethyl adjacent to an activating group) is 2. The Balaban J connectivity index is 2.26. The molecule has 28 heavy (non-hydrogen) atoms. The van der Waals surface area contributed by atoms with Gasteiger partial charge in [0.05, 0.1) is 50.1 Å². The van der Waals surface area contributed by atoms with Gasteiger partial charge in [-0.05, 0) is 38.6 Å². The largest absolute Gasteiger partial charge is 0.386 e. The third-order valence-corrected chi connectivity index (χ3v) is 5.93. The topological polar surface area (TPSA) is 97.3 Å². The third-order valence-electron chi connectivity index (χ3n) is 4.06. The van der Waals surface area contributed by atoms with E-state index in [-0.39, 0.29) is 18.0 Å². The lowest BCUT2D eigenvalue weighted by Gasteiger charge is -2.20. The molecule has 162 valence electrons. The standard InChI is InChI=1S/C19H34N2O6S/c1-19(2,22)17-5-7-18(8-6-17)28(23,24)21(4)10-12-26-14-16-27-15-13-25-11-9-20-3/h5-8,20,22H,9-16H2,1-4H3. The fourth-order valence-electron chi connectivity index (χ4n) is 2.24. The zero-order chi connectivity index (χ0) is 21.0. The predicted octanol–water partition coefficient (Wildman–Crippen LogP) is 0.804. The fraction of sp³-hybridized carbons (Fsp3) is 0.684. The summed E-state index contributed by atoms with van der Waals surface area (Å²) in [7, 11) is -0.211. The Morgan fingerprint density at radius 2 is 1.46 bits per heavy atom. The highest BCUT2D eigenvalue weighted by Crippen LogP contribution is 2.22. The molecule has 2 N–H and O–H groups in total. The highest BCUT2D eigenvalue weighted by molar-refractivity contribution is 7.89. The summed E-state index contributed by atoms with van der Waals surface area (Å²) in [5.41, 5.74) is -0.354. The van der Waals surface area contributed by atoms with Crippen LogP contribution in [-0.4, -0.2) is 84.7 Å². The quantitative estimate of drug-likeness (QED) is 0.407. The van der Waals surface area contributed by atoms with Crippen molar-refractivity contribution >= 4 is 10.0 Å². The molecule has 0 fully saturated rings. The number of rotatable bonds is 15.